The van der Waals surface area contributed by atoms with Gasteiger partial charge in [0, 0.05) is 25.6 Å². The summed E-state index contributed by atoms with van der Waals surface area (Å²) in [6.07, 6.45) is 1.97. The molecule has 0 saturated carbocycles. The summed E-state index contributed by atoms with van der Waals surface area (Å²) in [7, 11) is 1.16. The molecule has 6 nitrogen and oxygen atoms in total. The van der Waals surface area contributed by atoms with Gasteiger partial charge in [0.1, 0.15) is 18.1 Å². The molecule has 0 atom stereocenters. The Morgan fingerprint density at radius 2 is 1.74 bits per heavy atom. The van der Waals surface area contributed by atoms with Gasteiger partial charge in [0.25, 0.3) is 0 Å². The Kier molecular flexibility index (Phi) is 7.97. The van der Waals surface area contributed by atoms with Gasteiger partial charge in [0.15, 0.2) is 0 Å². The second kappa shape index (κ2) is 9.98. The molecule has 27 heavy (non-hydrogen) atoms. The first-order valence-corrected chi connectivity index (χ1v) is 11.0. The Morgan fingerprint density at radius 1 is 1.04 bits per heavy atom. The van der Waals surface area contributed by atoms with Gasteiger partial charge >= 0.3 is 0 Å². The predicted octanol–water partition coefficient (Wildman–Crippen LogP) is 3.26. The highest BCUT2D eigenvalue weighted by Crippen LogP contribution is 2.29. The van der Waals surface area contributed by atoms with Crippen LogP contribution in [0.15, 0.2) is 52.3 Å². The Hall–Kier alpha value is -1.74. The Labute approximate surface area is 165 Å². The lowest BCUT2D eigenvalue weighted by atomic mass is 10.2. The number of hydrogen-bond donors (Lipinski definition) is 0. The highest BCUT2D eigenvalue weighted by molar-refractivity contribution is 7.98. The lowest BCUT2D eigenvalue weighted by molar-refractivity contribution is 0.146. The Bertz CT molecular complexity index is 838. The molecule has 2 aromatic rings. The standard InChI is InChI=1S/C19H25NO5S2/c1-20(14-15-5-10-19(26-4)18(13-15)24-3)27(21,22)17-8-6-16(7-9-17)25-12-11-23-2/h5-10,13H,11-12,14H2,1-4H3. The number of methoxy groups -OCH3 is 2. The minimum Gasteiger partial charge on any atom is -0.496 e. The van der Waals surface area contributed by atoms with Crippen molar-refractivity contribution in [2.75, 3.05) is 40.7 Å². The molecule has 0 aromatic heterocycles. The van der Waals surface area contributed by atoms with E-state index in [1.165, 1.54) is 4.31 Å². The summed E-state index contributed by atoms with van der Waals surface area (Å²) in [5.41, 5.74) is 0.857. The number of benzene rings is 2. The van der Waals surface area contributed by atoms with E-state index < -0.39 is 10.0 Å². The minimum absolute atomic E-state index is 0.219. The van der Waals surface area contributed by atoms with E-state index in [0.717, 1.165) is 16.2 Å². The van der Waals surface area contributed by atoms with E-state index in [9.17, 15) is 8.42 Å². The molecule has 0 N–H and O–H groups in total. The normalized spacial score (nSPS) is 11.6. The zero-order valence-electron chi connectivity index (χ0n) is 16.0. The van der Waals surface area contributed by atoms with Crippen molar-refractivity contribution in [3.8, 4) is 11.5 Å². The van der Waals surface area contributed by atoms with Gasteiger partial charge in [-0.25, -0.2) is 8.42 Å². The molecule has 8 heteroatoms. The second-order valence-corrected chi connectivity index (χ2v) is 8.66. The molecule has 0 aliphatic carbocycles. The molecule has 0 bridgehead atoms. The summed E-state index contributed by atoms with van der Waals surface area (Å²) in [6, 6.07) is 12.1. The van der Waals surface area contributed by atoms with Gasteiger partial charge in [-0.15, -0.1) is 11.8 Å². The lowest BCUT2D eigenvalue weighted by Crippen LogP contribution is -2.26. The van der Waals surface area contributed by atoms with Crippen LogP contribution in [0.1, 0.15) is 5.56 Å². The van der Waals surface area contributed by atoms with Crippen molar-refractivity contribution in [2.45, 2.75) is 16.3 Å². The van der Waals surface area contributed by atoms with E-state index in [4.69, 9.17) is 14.2 Å². The molecule has 0 radical (unpaired) electrons. The van der Waals surface area contributed by atoms with E-state index in [-0.39, 0.29) is 11.4 Å². The molecule has 0 fully saturated rings. The number of thioether (sulfide) groups is 1. The second-order valence-electron chi connectivity index (χ2n) is 5.76. The van der Waals surface area contributed by atoms with Gasteiger partial charge in [0.2, 0.25) is 10.0 Å². The van der Waals surface area contributed by atoms with Gasteiger partial charge in [-0.2, -0.15) is 4.31 Å². The SMILES string of the molecule is COCCOc1ccc(S(=O)(=O)N(C)Cc2ccc(SC)c(OC)c2)cc1. The van der Waals surface area contributed by atoms with Gasteiger partial charge in [-0.3, -0.25) is 0 Å². The number of sulfonamides is 1. The Balaban J connectivity index is 2.11. The number of hydrogen-bond acceptors (Lipinski definition) is 6. The van der Waals surface area contributed by atoms with Crippen molar-refractivity contribution in [1.82, 2.24) is 4.31 Å². The van der Waals surface area contributed by atoms with Crippen LogP contribution in [0.5, 0.6) is 11.5 Å². The maximum Gasteiger partial charge on any atom is 0.243 e. The first kappa shape index (κ1) is 21.6. The van der Waals surface area contributed by atoms with Gasteiger partial charge in [-0.1, -0.05) is 6.07 Å². The summed E-state index contributed by atoms with van der Waals surface area (Å²) in [5.74, 6) is 1.34. The van der Waals surface area contributed by atoms with Crippen LogP contribution in [-0.2, 0) is 21.3 Å². The summed E-state index contributed by atoms with van der Waals surface area (Å²) in [6.45, 7) is 1.14. The van der Waals surface area contributed by atoms with Crippen molar-refractivity contribution in [2.24, 2.45) is 0 Å². The maximum absolute atomic E-state index is 12.8. The molecule has 148 valence electrons. The number of ether oxygens (including phenoxy) is 3. The molecule has 0 spiro atoms. The van der Waals surface area contributed by atoms with E-state index in [1.54, 1.807) is 57.3 Å². The molecule has 0 aliphatic rings. The predicted molar refractivity (Wildman–Crippen MR) is 107 cm³/mol. The maximum atomic E-state index is 12.8. The van der Waals surface area contributed by atoms with E-state index in [0.29, 0.717) is 19.0 Å². The highest BCUT2D eigenvalue weighted by atomic mass is 32.2. The fraction of sp³-hybridized carbons (Fsp3) is 0.368. The van der Waals surface area contributed by atoms with Crippen molar-refractivity contribution in [3.63, 3.8) is 0 Å². The third-order valence-corrected chi connectivity index (χ3v) is 6.54. The van der Waals surface area contributed by atoms with Crippen LogP contribution in [0.4, 0.5) is 0 Å². The number of nitrogens with zero attached hydrogens (tertiary/aromatic N) is 1. The summed E-state index contributed by atoms with van der Waals surface area (Å²) < 4.78 is 42.7. The van der Waals surface area contributed by atoms with Crippen molar-refractivity contribution in [1.29, 1.82) is 0 Å². The van der Waals surface area contributed by atoms with E-state index in [1.807, 2.05) is 24.5 Å². The van der Waals surface area contributed by atoms with Crippen LogP contribution >= 0.6 is 11.8 Å². The summed E-state index contributed by atoms with van der Waals surface area (Å²) >= 11 is 1.58. The molecule has 0 unspecified atom stereocenters. The van der Waals surface area contributed by atoms with Crippen LogP contribution in [0.2, 0.25) is 0 Å². The van der Waals surface area contributed by atoms with Gasteiger partial charge < -0.3 is 14.2 Å². The molecular formula is C19H25NO5S2. The van der Waals surface area contributed by atoms with Crippen molar-refractivity contribution >= 4 is 21.8 Å². The highest BCUT2D eigenvalue weighted by Gasteiger charge is 2.21. The van der Waals surface area contributed by atoms with Crippen molar-refractivity contribution < 1.29 is 22.6 Å². The minimum atomic E-state index is -3.61. The molecule has 2 aromatic carbocycles. The van der Waals surface area contributed by atoms with Crippen molar-refractivity contribution in [3.05, 3.63) is 48.0 Å². The molecular weight excluding hydrogens is 386 g/mol. The summed E-state index contributed by atoms with van der Waals surface area (Å²) in [4.78, 5) is 1.23. The van der Waals surface area contributed by atoms with E-state index >= 15 is 0 Å². The molecule has 0 heterocycles. The fourth-order valence-electron chi connectivity index (χ4n) is 2.45. The monoisotopic (exact) mass is 411 g/mol. The summed E-state index contributed by atoms with van der Waals surface area (Å²) in [5, 5.41) is 0. The largest absolute Gasteiger partial charge is 0.496 e. The molecule has 0 aliphatic heterocycles. The van der Waals surface area contributed by atoms with Gasteiger partial charge in [-0.05, 0) is 48.2 Å². The average Bonchev–Trinajstić information content (AvgIpc) is 2.68. The third-order valence-electron chi connectivity index (χ3n) is 3.94. The molecule has 0 amide bonds. The van der Waals surface area contributed by atoms with Crippen LogP contribution in [-0.4, -0.2) is 53.5 Å². The van der Waals surface area contributed by atoms with Crippen LogP contribution < -0.4 is 9.47 Å². The van der Waals surface area contributed by atoms with Crippen LogP contribution in [0.25, 0.3) is 0 Å². The van der Waals surface area contributed by atoms with E-state index in [2.05, 4.69) is 0 Å². The molecule has 2 rings (SSSR count). The smallest absolute Gasteiger partial charge is 0.243 e. The average molecular weight is 412 g/mol. The zero-order valence-corrected chi connectivity index (χ0v) is 17.6. The first-order chi connectivity index (χ1) is 12.9. The number of rotatable bonds is 10. The van der Waals surface area contributed by atoms with Crippen LogP contribution in [0, 0.1) is 0 Å². The third kappa shape index (κ3) is 5.62. The topological polar surface area (TPSA) is 65.1 Å². The Morgan fingerprint density at radius 3 is 2.33 bits per heavy atom. The molecule has 0 saturated heterocycles. The zero-order chi connectivity index (χ0) is 19.9. The fourth-order valence-corrected chi connectivity index (χ4v) is 4.16. The first-order valence-electron chi connectivity index (χ1n) is 8.31. The van der Waals surface area contributed by atoms with Crippen LogP contribution in [0.3, 0.4) is 0 Å². The van der Waals surface area contributed by atoms with Gasteiger partial charge in [0.05, 0.1) is 18.6 Å². The quantitative estimate of drug-likeness (QED) is 0.442. The lowest BCUT2D eigenvalue weighted by Gasteiger charge is -2.18.